The first-order valence-corrected chi connectivity index (χ1v) is 8.10. The number of likely N-dealkylation sites (N-methyl/N-ethyl adjacent to an activating group) is 1. The molecular formula is C14H19BrN4O2. The zero-order valence-electron chi connectivity index (χ0n) is 12.0. The Morgan fingerprint density at radius 2 is 2.14 bits per heavy atom. The van der Waals surface area contributed by atoms with E-state index in [-0.39, 0.29) is 17.5 Å². The van der Waals surface area contributed by atoms with Gasteiger partial charge in [-0.25, -0.2) is 4.68 Å². The van der Waals surface area contributed by atoms with Crippen molar-refractivity contribution < 1.29 is 4.79 Å². The lowest BCUT2D eigenvalue weighted by Crippen LogP contribution is -2.43. The molecule has 1 atom stereocenters. The summed E-state index contributed by atoms with van der Waals surface area (Å²) in [5.74, 6) is 0.781. The van der Waals surface area contributed by atoms with Gasteiger partial charge < -0.3 is 10.2 Å². The highest BCUT2D eigenvalue weighted by molar-refractivity contribution is 9.10. The van der Waals surface area contributed by atoms with E-state index >= 15 is 0 Å². The largest absolute Gasteiger partial charge is 0.378 e. The second-order valence-corrected chi connectivity index (χ2v) is 6.75. The standard InChI is InChI=1S/C14H19BrN4O2/c1-18-8-10(4-5-12(18)20)17-11-6-16-19(7-9-2-3-9)14(21)13(11)15/h6,9-10,17H,2-5,7-8H2,1H3. The van der Waals surface area contributed by atoms with E-state index in [4.69, 9.17) is 0 Å². The molecule has 3 rings (SSSR count). The van der Waals surface area contributed by atoms with E-state index in [1.807, 2.05) is 0 Å². The van der Waals surface area contributed by atoms with Crippen LogP contribution in [0.1, 0.15) is 25.7 Å². The molecule has 6 nitrogen and oxygen atoms in total. The van der Waals surface area contributed by atoms with Crippen LogP contribution in [-0.2, 0) is 11.3 Å². The molecule has 0 aromatic carbocycles. The number of rotatable bonds is 4. The van der Waals surface area contributed by atoms with Crippen LogP contribution in [0.2, 0.25) is 0 Å². The molecule has 0 spiro atoms. The Morgan fingerprint density at radius 3 is 2.81 bits per heavy atom. The molecule has 2 heterocycles. The van der Waals surface area contributed by atoms with E-state index in [0.717, 1.165) is 6.42 Å². The molecule has 1 amide bonds. The van der Waals surface area contributed by atoms with Crippen molar-refractivity contribution in [2.45, 2.75) is 38.3 Å². The molecule has 1 unspecified atom stereocenters. The summed E-state index contributed by atoms with van der Waals surface area (Å²) in [6, 6.07) is 0.157. The molecule has 1 aromatic rings. The number of carbonyl (C=O) groups excluding carboxylic acids is 1. The fraction of sp³-hybridized carbons (Fsp3) is 0.643. The van der Waals surface area contributed by atoms with E-state index in [1.165, 1.54) is 17.5 Å². The van der Waals surface area contributed by atoms with Crippen LogP contribution in [0, 0.1) is 5.92 Å². The normalized spacial score (nSPS) is 22.5. The van der Waals surface area contributed by atoms with Crippen molar-refractivity contribution in [3.63, 3.8) is 0 Å². The Balaban J connectivity index is 1.72. The second kappa shape index (κ2) is 5.79. The maximum atomic E-state index is 12.3. The van der Waals surface area contributed by atoms with Crippen LogP contribution in [0.4, 0.5) is 5.69 Å². The van der Waals surface area contributed by atoms with Crippen molar-refractivity contribution in [2.75, 3.05) is 18.9 Å². The van der Waals surface area contributed by atoms with Gasteiger partial charge in [-0.05, 0) is 41.1 Å². The first kappa shape index (κ1) is 14.6. The number of amides is 1. The molecule has 1 saturated heterocycles. The number of halogens is 1. The van der Waals surface area contributed by atoms with Gasteiger partial charge in [-0.3, -0.25) is 9.59 Å². The molecule has 114 valence electrons. The molecule has 0 bridgehead atoms. The highest BCUT2D eigenvalue weighted by Crippen LogP contribution is 2.30. The molecule has 7 heteroatoms. The third-order valence-corrected chi connectivity index (χ3v) is 4.87. The van der Waals surface area contributed by atoms with Gasteiger partial charge in [-0.15, -0.1) is 0 Å². The highest BCUT2D eigenvalue weighted by Gasteiger charge is 2.25. The Labute approximate surface area is 131 Å². The summed E-state index contributed by atoms with van der Waals surface area (Å²) < 4.78 is 2.06. The molecular weight excluding hydrogens is 336 g/mol. The predicted octanol–water partition coefficient (Wildman–Crippen LogP) is 1.45. The van der Waals surface area contributed by atoms with Crippen LogP contribution in [0.3, 0.4) is 0 Å². The monoisotopic (exact) mass is 354 g/mol. The second-order valence-electron chi connectivity index (χ2n) is 5.96. The van der Waals surface area contributed by atoms with Crippen molar-refractivity contribution in [3.05, 3.63) is 21.0 Å². The molecule has 1 aliphatic heterocycles. The number of hydrogen-bond acceptors (Lipinski definition) is 4. The van der Waals surface area contributed by atoms with Crippen LogP contribution in [-0.4, -0.2) is 40.2 Å². The van der Waals surface area contributed by atoms with E-state index in [9.17, 15) is 9.59 Å². The van der Waals surface area contributed by atoms with E-state index < -0.39 is 0 Å². The van der Waals surface area contributed by atoms with Crippen LogP contribution in [0.5, 0.6) is 0 Å². The lowest BCUT2D eigenvalue weighted by Gasteiger charge is -2.30. The molecule has 2 aliphatic rings. The van der Waals surface area contributed by atoms with E-state index in [0.29, 0.717) is 35.6 Å². The Kier molecular flexibility index (Phi) is 4.01. The van der Waals surface area contributed by atoms with Gasteiger partial charge in [0.1, 0.15) is 4.47 Å². The number of piperidine rings is 1. The minimum Gasteiger partial charge on any atom is -0.378 e. The van der Waals surface area contributed by atoms with Gasteiger partial charge in [0.05, 0.1) is 11.9 Å². The third-order valence-electron chi connectivity index (χ3n) is 4.10. The minimum absolute atomic E-state index is 0.0906. The molecule has 1 aliphatic carbocycles. The summed E-state index contributed by atoms with van der Waals surface area (Å²) in [5.41, 5.74) is 0.618. The lowest BCUT2D eigenvalue weighted by atomic mass is 10.1. The lowest BCUT2D eigenvalue weighted by molar-refractivity contribution is -0.132. The number of nitrogens with zero attached hydrogens (tertiary/aromatic N) is 3. The van der Waals surface area contributed by atoms with E-state index in [1.54, 1.807) is 18.1 Å². The number of nitrogens with one attached hydrogen (secondary N) is 1. The van der Waals surface area contributed by atoms with Gasteiger partial charge in [0.2, 0.25) is 5.91 Å². The fourth-order valence-electron chi connectivity index (χ4n) is 2.59. The van der Waals surface area contributed by atoms with Crippen LogP contribution >= 0.6 is 15.9 Å². The van der Waals surface area contributed by atoms with Crippen molar-refractivity contribution in [3.8, 4) is 0 Å². The average molecular weight is 355 g/mol. The zero-order valence-corrected chi connectivity index (χ0v) is 13.6. The van der Waals surface area contributed by atoms with Gasteiger partial charge in [-0.2, -0.15) is 5.10 Å². The predicted molar refractivity (Wildman–Crippen MR) is 83.2 cm³/mol. The summed E-state index contributed by atoms with van der Waals surface area (Å²) in [6.07, 6.45) is 5.39. The average Bonchev–Trinajstić information content (AvgIpc) is 3.26. The number of likely N-dealkylation sites (tertiary alicyclic amines) is 1. The maximum Gasteiger partial charge on any atom is 0.283 e. The number of carbonyl (C=O) groups is 1. The van der Waals surface area contributed by atoms with Crippen molar-refractivity contribution in [1.29, 1.82) is 0 Å². The molecule has 0 radical (unpaired) electrons. The molecule has 2 fully saturated rings. The van der Waals surface area contributed by atoms with Gasteiger partial charge >= 0.3 is 0 Å². The van der Waals surface area contributed by atoms with Crippen molar-refractivity contribution >= 4 is 27.5 Å². The summed E-state index contributed by atoms with van der Waals surface area (Å²) in [4.78, 5) is 25.5. The minimum atomic E-state index is -0.0906. The number of hydrogen-bond donors (Lipinski definition) is 1. The highest BCUT2D eigenvalue weighted by atomic mass is 79.9. The summed E-state index contributed by atoms with van der Waals surface area (Å²) >= 11 is 3.38. The van der Waals surface area contributed by atoms with Crippen molar-refractivity contribution in [1.82, 2.24) is 14.7 Å². The SMILES string of the molecule is CN1CC(Nc2cnn(CC3CC3)c(=O)c2Br)CCC1=O. The molecule has 21 heavy (non-hydrogen) atoms. The van der Waals surface area contributed by atoms with Gasteiger partial charge in [0.15, 0.2) is 0 Å². The summed E-state index contributed by atoms with van der Waals surface area (Å²) in [6.45, 7) is 1.36. The smallest absolute Gasteiger partial charge is 0.283 e. The summed E-state index contributed by atoms with van der Waals surface area (Å²) in [5, 5.41) is 7.57. The van der Waals surface area contributed by atoms with Gasteiger partial charge in [0.25, 0.3) is 5.56 Å². The molecule has 1 N–H and O–H groups in total. The fourth-order valence-corrected chi connectivity index (χ4v) is 3.01. The quantitative estimate of drug-likeness (QED) is 0.888. The topological polar surface area (TPSA) is 67.2 Å². The Morgan fingerprint density at radius 1 is 1.38 bits per heavy atom. The first-order valence-electron chi connectivity index (χ1n) is 7.30. The zero-order chi connectivity index (χ0) is 15.0. The van der Waals surface area contributed by atoms with Crippen LogP contribution in [0.15, 0.2) is 15.5 Å². The Hall–Kier alpha value is -1.37. The summed E-state index contributed by atoms with van der Waals surface area (Å²) in [7, 11) is 1.80. The van der Waals surface area contributed by atoms with Crippen LogP contribution in [0.25, 0.3) is 0 Å². The maximum absolute atomic E-state index is 12.3. The van der Waals surface area contributed by atoms with E-state index in [2.05, 4.69) is 26.3 Å². The van der Waals surface area contributed by atoms with Gasteiger partial charge in [-0.1, -0.05) is 0 Å². The molecule has 1 aromatic heterocycles. The Bertz CT molecular complexity index is 611. The first-order chi connectivity index (χ1) is 10.0. The number of aromatic nitrogens is 2. The van der Waals surface area contributed by atoms with Crippen molar-refractivity contribution in [2.24, 2.45) is 5.92 Å². The third kappa shape index (κ3) is 3.28. The number of anilines is 1. The van der Waals surface area contributed by atoms with Crippen LogP contribution < -0.4 is 10.9 Å². The van der Waals surface area contributed by atoms with Gasteiger partial charge in [0, 0.05) is 32.6 Å². The molecule has 1 saturated carbocycles.